The number of aromatic nitrogens is 2. The summed E-state index contributed by atoms with van der Waals surface area (Å²) in [4.78, 5) is 21.0. The Morgan fingerprint density at radius 1 is 1.25 bits per heavy atom. The Hall–Kier alpha value is -2.24. The Morgan fingerprint density at radius 3 is 2.75 bits per heavy atom. The number of rotatable bonds is 5. The highest BCUT2D eigenvalue weighted by molar-refractivity contribution is 7.13. The van der Waals surface area contributed by atoms with Crippen molar-refractivity contribution in [3.05, 3.63) is 70.3 Å². The van der Waals surface area contributed by atoms with Crippen LogP contribution < -0.4 is 5.32 Å². The molecule has 0 saturated carbocycles. The quantitative estimate of drug-likeness (QED) is 0.741. The number of hydrogen-bond acceptors (Lipinski definition) is 4. The molecule has 3 aromatic rings. The maximum absolute atomic E-state index is 12.2. The molecule has 122 valence electrons. The van der Waals surface area contributed by atoms with Crippen molar-refractivity contribution in [3.8, 4) is 10.7 Å². The first-order chi connectivity index (χ1) is 11.6. The van der Waals surface area contributed by atoms with Crippen molar-refractivity contribution in [2.24, 2.45) is 0 Å². The van der Waals surface area contributed by atoms with Crippen LogP contribution in [0.1, 0.15) is 24.2 Å². The number of benzene rings is 1. The molecule has 1 amide bonds. The lowest BCUT2D eigenvalue weighted by Crippen LogP contribution is -2.28. The van der Waals surface area contributed by atoms with Gasteiger partial charge in [0.1, 0.15) is 5.01 Å². The van der Waals surface area contributed by atoms with Gasteiger partial charge in [-0.25, -0.2) is 4.98 Å². The second-order valence-electron chi connectivity index (χ2n) is 5.38. The third-order valence-corrected chi connectivity index (χ3v) is 4.69. The molecule has 0 aliphatic carbocycles. The van der Waals surface area contributed by atoms with E-state index in [9.17, 15) is 4.79 Å². The van der Waals surface area contributed by atoms with Crippen LogP contribution >= 0.6 is 22.9 Å². The molecule has 0 fully saturated rings. The summed E-state index contributed by atoms with van der Waals surface area (Å²) in [6.07, 6.45) is 1.98. The minimum Gasteiger partial charge on any atom is -0.349 e. The van der Waals surface area contributed by atoms with E-state index in [1.165, 1.54) is 11.3 Å². The Kier molecular flexibility index (Phi) is 5.23. The average Bonchev–Trinajstić information content (AvgIpc) is 3.04. The third kappa shape index (κ3) is 4.19. The van der Waals surface area contributed by atoms with Gasteiger partial charge < -0.3 is 5.32 Å². The molecule has 1 atom stereocenters. The van der Waals surface area contributed by atoms with Gasteiger partial charge in [-0.2, -0.15) is 0 Å². The van der Waals surface area contributed by atoms with Crippen LogP contribution in [0.2, 0.25) is 5.02 Å². The average molecular weight is 358 g/mol. The Morgan fingerprint density at radius 2 is 2.04 bits per heavy atom. The maximum atomic E-state index is 12.2. The van der Waals surface area contributed by atoms with Gasteiger partial charge in [-0.05, 0) is 36.8 Å². The highest BCUT2D eigenvalue weighted by Crippen LogP contribution is 2.22. The number of thiazole rings is 1. The summed E-state index contributed by atoms with van der Waals surface area (Å²) in [6, 6.07) is 13.1. The van der Waals surface area contributed by atoms with Gasteiger partial charge in [0.2, 0.25) is 5.91 Å². The first kappa shape index (κ1) is 16.6. The van der Waals surface area contributed by atoms with E-state index in [2.05, 4.69) is 15.3 Å². The van der Waals surface area contributed by atoms with Gasteiger partial charge in [-0.1, -0.05) is 29.8 Å². The topological polar surface area (TPSA) is 54.9 Å². The van der Waals surface area contributed by atoms with Crippen molar-refractivity contribution in [3.63, 3.8) is 0 Å². The number of carbonyl (C=O) groups is 1. The third-order valence-electron chi connectivity index (χ3n) is 3.52. The molecule has 0 unspecified atom stereocenters. The summed E-state index contributed by atoms with van der Waals surface area (Å²) in [6.45, 7) is 1.95. The summed E-state index contributed by atoms with van der Waals surface area (Å²) >= 11 is 7.38. The number of halogens is 1. The van der Waals surface area contributed by atoms with Crippen LogP contribution in [-0.2, 0) is 11.2 Å². The first-order valence-corrected chi connectivity index (χ1v) is 8.78. The molecule has 0 spiro atoms. The van der Waals surface area contributed by atoms with E-state index in [0.29, 0.717) is 5.02 Å². The Labute approximate surface area is 149 Å². The van der Waals surface area contributed by atoms with Crippen molar-refractivity contribution in [1.82, 2.24) is 15.3 Å². The molecule has 0 aliphatic rings. The number of nitrogens with one attached hydrogen (secondary N) is 1. The molecule has 2 aromatic heterocycles. The summed E-state index contributed by atoms with van der Waals surface area (Å²) in [5.74, 6) is -0.0599. The van der Waals surface area contributed by atoms with Crippen LogP contribution in [0.25, 0.3) is 10.7 Å². The van der Waals surface area contributed by atoms with Crippen LogP contribution in [0.5, 0.6) is 0 Å². The highest BCUT2D eigenvalue weighted by atomic mass is 35.5. The molecule has 6 heteroatoms. The zero-order valence-corrected chi connectivity index (χ0v) is 14.6. The smallest absolute Gasteiger partial charge is 0.226 e. The van der Waals surface area contributed by atoms with Crippen LogP contribution in [-0.4, -0.2) is 15.9 Å². The Bertz CT molecular complexity index is 818. The number of carbonyl (C=O) groups excluding carboxylic acids is 1. The van der Waals surface area contributed by atoms with E-state index in [-0.39, 0.29) is 18.4 Å². The van der Waals surface area contributed by atoms with E-state index in [4.69, 9.17) is 11.6 Å². The SMILES string of the molecule is C[C@@H](NC(=O)Cc1csc(-c2ccccn2)n1)c1ccc(Cl)cc1. The fourth-order valence-electron chi connectivity index (χ4n) is 2.29. The fourth-order valence-corrected chi connectivity index (χ4v) is 3.21. The molecule has 3 rings (SSSR count). The molecule has 2 heterocycles. The molecular weight excluding hydrogens is 342 g/mol. The van der Waals surface area contributed by atoms with Gasteiger partial charge in [0.25, 0.3) is 0 Å². The predicted molar refractivity (Wildman–Crippen MR) is 97.1 cm³/mol. The Balaban J connectivity index is 1.61. The zero-order valence-electron chi connectivity index (χ0n) is 13.1. The van der Waals surface area contributed by atoms with Crippen LogP contribution in [0, 0.1) is 0 Å². The molecule has 0 aliphatic heterocycles. The normalized spacial score (nSPS) is 11.9. The second-order valence-corrected chi connectivity index (χ2v) is 6.67. The molecule has 0 bridgehead atoms. The van der Waals surface area contributed by atoms with Crippen LogP contribution in [0.4, 0.5) is 0 Å². The van der Waals surface area contributed by atoms with Gasteiger partial charge in [0.05, 0.1) is 23.9 Å². The van der Waals surface area contributed by atoms with Crippen molar-refractivity contribution in [2.45, 2.75) is 19.4 Å². The number of hydrogen-bond donors (Lipinski definition) is 1. The van der Waals surface area contributed by atoms with Crippen molar-refractivity contribution in [2.75, 3.05) is 0 Å². The summed E-state index contributed by atoms with van der Waals surface area (Å²) in [5, 5.41) is 6.38. The van der Waals surface area contributed by atoms with Gasteiger partial charge in [0, 0.05) is 16.6 Å². The fraction of sp³-hybridized carbons (Fsp3) is 0.167. The lowest BCUT2D eigenvalue weighted by molar-refractivity contribution is -0.121. The molecule has 4 nitrogen and oxygen atoms in total. The summed E-state index contributed by atoms with van der Waals surface area (Å²) in [7, 11) is 0. The molecule has 24 heavy (non-hydrogen) atoms. The van der Waals surface area contributed by atoms with Crippen LogP contribution in [0.15, 0.2) is 54.0 Å². The number of amides is 1. The summed E-state index contributed by atoms with van der Waals surface area (Å²) < 4.78 is 0. The van der Waals surface area contributed by atoms with Gasteiger partial charge in [-0.15, -0.1) is 11.3 Å². The predicted octanol–water partition coefficient (Wildman–Crippen LogP) is 4.28. The van der Waals surface area contributed by atoms with E-state index < -0.39 is 0 Å². The molecule has 1 N–H and O–H groups in total. The minimum atomic E-state index is -0.0799. The minimum absolute atomic E-state index is 0.0599. The highest BCUT2D eigenvalue weighted by Gasteiger charge is 2.13. The number of nitrogens with zero attached hydrogens (tertiary/aromatic N) is 2. The zero-order chi connectivity index (χ0) is 16.9. The first-order valence-electron chi connectivity index (χ1n) is 7.52. The van der Waals surface area contributed by atoms with E-state index in [1.807, 2.05) is 54.8 Å². The lowest BCUT2D eigenvalue weighted by Gasteiger charge is -2.14. The van der Waals surface area contributed by atoms with Crippen molar-refractivity contribution in [1.29, 1.82) is 0 Å². The lowest BCUT2D eigenvalue weighted by atomic mass is 10.1. The van der Waals surface area contributed by atoms with Crippen molar-refractivity contribution < 1.29 is 4.79 Å². The van der Waals surface area contributed by atoms with E-state index in [1.54, 1.807) is 6.20 Å². The monoisotopic (exact) mass is 357 g/mol. The van der Waals surface area contributed by atoms with Gasteiger partial charge in [-0.3, -0.25) is 9.78 Å². The number of pyridine rings is 1. The molecule has 0 radical (unpaired) electrons. The van der Waals surface area contributed by atoms with Crippen molar-refractivity contribution >= 4 is 28.8 Å². The molecule has 0 saturated heterocycles. The van der Waals surface area contributed by atoms with E-state index in [0.717, 1.165) is 22.0 Å². The molecular formula is C18H16ClN3OS. The summed E-state index contributed by atoms with van der Waals surface area (Å²) in [5.41, 5.74) is 2.59. The second kappa shape index (κ2) is 7.55. The molecule has 1 aromatic carbocycles. The van der Waals surface area contributed by atoms with Gasteiger partial charge in [0.15, 0.2) is 0 Å². The van der Waals surface area contributed by atoms with Crippen LogP contribution in [0.3, 0.4) is 0 Å². The largest absolute Gasteiger partial charge is 0.349 e. The maximum Gasteiger partial charge on any atom is 0.226 e. The van der Waals surface area contributed by atoms with Gasteiger partial charge >= 0.3 is 0 Å². The van der Waals surface area contributed by atoms with E-state index >= 15 is 0 Å². The standard InChI is InChI=1S/C18H16ClN3OS/c1-12(13-5-7-14(19)8-6-13)21-17(23)10-15-11-24-18(22-15)16-4-2-3-9-20-16/h2-9,11-12H,10H2,1H3,(H,21,23)/t12-/m1/s1.